The molecule has 4 saturated carbocycles. The highest BCUT2D eigenvalue weighted by Crippen LogP contribution is 2.53. The first-order chi connectivity index (χ1) is 20.2. The van der Waals surface area contributed by atoms with E-state index in [2.05, 4.69) is 11.8 Å². The second-order valence-corrected chi connectivity index (χ2v) is 13.9. The zero-order valence-electron chi connectivity index (χ0n) is 25.2. The lowest BCUT2D eigenvalue weighted by molar-refractivity contribution is -0.181. The number of phenolic OH excluding ortho intramolecular Hbond substituents is 1. The maximum Gasteiger partial charge on any atom is 0.235 e. The molecule has 0 aliphatic heterocycles. The molecule has 5 aliphatic rings. The molecule has 43 heavy (non-hydrogen) atoms. The van der Waals surface area contributed by atoms with Gasteiger partial charge in [0.1, 0.15) is 11.5 Å². The molecule has 0 heterocycles. The fourth-order valence-electron chi connectivity index (χ4n) is 8.39. The average Bonchev–Trinajstić information content (AvgIpc) is 3.73. The molecule has 232 valence electrons. The van der Waals surface area contributed by atoms with E-state index >= 15 is 0 Å². The number of carbonyl (C=O) groups is 5. The molecule has 0 saturated heterocycles. The van der Waals surface area contributed by atoms with E-state index in [0.717, 1.165) is 24.9 Å². The molecular formula is C32H41N3O8. The van der Waals surface area contributed by atoms with Crippen molar-refractivity contribution < 1.29 is 38.9 Å². The third-order valence-electron chi connectivity index (χ3n) is 11.0. The van der Waals surface area contributed by atoms with Crippen LogP contribution in [0.3, 0.4) is 0 Å². The topological polar surface area (TPSA) is 168 Å². The summed E-state index contributed by atoms with van der Waals surface area (Å²) in [7, 11) is 4.66. The van der Waals surface area contributed by atoms with Crippen molar-refractivity contribution in [2.24, 2.45) is 35.3 Å². The molecular weight excluding hydrogens is 554 g/mol. The van der Waals surface area contributed by atoms with Crippen LogP contribution < -0.4 is 10.5 Å². The largest absolute Gasteiger partial charge is 0.507 e. The van der Waals surface area contributed by atoms with E-state index in [-0.39, 0.29) is 29.7 Å². The molecule has 1 aromatic rings. The van der Waals surface area contributed by atoms with E-state index in [0.29, 0.717) is 23.8 Å². The van der Waals surface area contributed by atoms with Gasteiger partial charge in [-0.3, -0.25) is 33.8 Å². The van der Waals surface area contributed by atoms with Crippen molar-refractivity contribution in [1.82, 2.24) is 9.80 Å². The van der Waals surface area contributed by atoms with Gasteiger partial charge >= 0.3 is 0 Å². The van der Waals surface area contributed by atoms with Gasteiger partial charge in [0, 0.05) is 35.7 Å². The maximum atomic E-state index is 14.0. The second kappa shape index (κ2) is 10.2. The Morgan fingerprint density at radius 2 is 1.81 bits per heavy atom. The number of methoxy groups -OCH3 is 1. The van der Waals surface area contributed by atoms with Gasteiger partial charge in [-0.1, -0.05) is 0 Å². The summed E-state index contributed by atoms with van der Waals surface area (Å²) in [5, 5.41) is 23.0. The Morgan fingerprint density at radius 1 is 1.14 bits per heavy atom. The maximum absolute atomic E-state index is 14.0. The van der Waals surface area contributed by atoms with E-state index in [4.69, 9.17) is 10.5 Å². The van der Waals surface area contributed by atoms with Gasteiger partial charge in [0.05, 0.1) is 24.6 Å². The molecule has 2 unspecified atom stereocenters. The fraction of sp³-hybridized carbons (Fsp3) is 0.656. The number of aliphatic hydroxyl groups is 1. The summed E-state index contributed by atoms with van der Waals surface area (Å²) in [6.07, 6.45) is 5.95. The van der Waals surface area contributed by atoms with Gasteiger partial charge in [0.15, 0.2) is 34.7 Å². The number of amides is 1. The highest BCUT2D eigenvalue weighted by molar-refractivity contribution is 6.32. The first kappa shape index (κ1) is 29.9. The van der Waals surface area contributed by atoms with Crippen LogP contribution in [0.25, 0.3) is 0 Å². The molecule has 6 atom stereocenters. The number of hydrogen-bond donors (Lipinski definition) is 3. The van der Waals surface area contributed by atoms with Crippen molar-refractivity contribution in [1.29, 1.82) is 0 Å². The number of primary amides is 1. The van der Waals surface area contributed by atoms with Gasteiger partial charge in [-0.25, -0.2) is 0 Å². The summed E-state index contributed by atoms with van der Waals surface area (Å²) in [5.41, 5.74) is 3.92. The van der Waals surface area contributed by atoms with Crippen LogP contribution in [-0.2, 0) is 32.1 Å². The predicted octanol–water partition coefficient (Wildman–Crippen LogP) is 1.03. The zero-order chi connectivity index (χ0) is 31.2. The lowest BCUT2D eigenvalue weighted by Gasteiger charge is -2.52. The zero-order valence-corrected chi connectivity index (χ0v) is 25.2. The molecule has 11 heteroatoms. The third kappa shape index (κ3) is 4.37. The molecule has 1 amide bonds. The summed E-state index contributed by atoms with van der Waals surface area (Å²) < 4.78 is 5.91. The molecule has 4 fully saturated rings. The number of Topliss-reactive ketones (excluding diaryl/α,β-unsaturated/α-hetero) is 4. The molecule has 0 bridgehead atoms. The summed E-state index contributed by atoms with van der Waals surface area (Å²) >= 11 is 0. The Balaban J connectivity index is 1.41. The quantitative estimate of drug-likeness (QED) is 0.369. The van der Waals surface area contributed by atoms with E-state index < -0.39 is 64.4 Å². The van der Waals surface area contributed by atoms with Crippen LogP contribution in [0.2, 0.25) is 0 Å². The first-order valence-electron chi connectivity index (χ1n) is 15.3. The second-order valence-electron chi connectivity index (χ2n) is 13.9. The van der Waals surface area contributed by atoms with E-state index in [1.165, 1.54) is 37.3 Å². The molecule has 0 aromatic heterocycles. The van der Waals surface area contributed by atoms with Gasteiger partial charge < -0.3 is 20.7 Å². The molecule has 0 radical (unpaired) electrons. The Hall–Kier alpha value is -3.15. The standard InChI is InChI=1S/C32H41N3O8/c1-31(8-5-9-31)35(13-15-6-7-15)14-17-12-20(36)22-18(27(17)43-4)10-16-11-19-24(34(2)3)26(38)23(30(33)41)29(40)32(19,42)28(39)21(16)25(22)37/h12,15-16,19,21,23-24,36,42H,5-11,13-14H2,1-4H3,(H2,33,41)/t16-,19-,21?,23?,24-,32-/m0/s1. The van der Waals surface area contributed by atoms with E-state index in [9.17, 15) is 34.2 Å². The first-order valence-corrected chi connectivity index (χ1v) is 15.3. The number of aromatic hydroxyl groups is 1. The van der Waals surface area contributed by atoms with Crippen LogP contribution in [0.1, 0.15) is 66.9 Å². The molecule has 11 nitrogen and oxygen atoms in total. The van der Waals surface area contributed by atoms with E-state index in [1.54, 1.807) is 14.1 Å². The van der Waals surface area contributed by atoms with Crippen molar-refractivity contribution >= 4 is 29.0 Å². The van der Waals surface area contributed by atoms with Crippen molar-refractivity contribution in [3.8, 4) is 11.5 Å². The Bertz CT molecular complexity index is 1430. The molecule has 1 aromatic carbocycles. The highest BCUT2D eigenvalue weighted by atomic mass is 16.5. The SMILES string of the molecule is COc1c(CN(CC2CC2)C2(C)CCC2)cc(O)c2c1C[C@H]1C[C@H]3[C@H](N(C)C)C(=O)C(C(N)=O)C(=O)[C@@]3(O)C(=O)C1C2=O. The molecule has 4 N–H and O–H groups in total. The molecule has 5 aliphatic carbocycles. The predicted molar refractivity (Wildman–Crippen MR) is 153 cm³/mol. The van der Waals surface area contributed by atoms with Crippen LogP contribution in [0.4, 0.5) is 0 Å². The molecule has 6 rings (SSSR count). The summed E-state index contributed by atoms with van der Waals surface area (Å²) in [4.78, 5) is 70.9. The third-order valence-corrected chi connectivity index (χ3v) is 11.0. The lowest BCUT2D eigenvalue weighted by Crippen LogP contribution is -2.74. The number of hydrogen-bond acceptors (Lipinski definition) is 10. The minimum atomic E-state index is -2.74. The van der Waals surface area contributed by atoms with Crippen molar-refractivity contribution in [3.63, 3.8) is 0 Å². The Morgan fingerprint density at radius 3 is 2.35 bits per heavy atom. The number of rotatable bonds is 8. The highest BCUT2D eigenvalue weighted by Gasteiger charge is 2.69. The van der Waals surface area contributed by atoms with Crippen LogP contribution in [0.15, 0.2) is 6.07 Å². The number of likely N-dealkylation sites (N-methyl/N-ethyl adjacent to an activating group) is 1. The summed E-state index contributed by atoms with van der Waals surface area (Å²) in [6, 6.07) is 0.403. The van der Waals surface area contributed by atoms with Crippen molar-refractivity contribution in [2.75, 3.05) is 27.7 Å². The monoisotopic (exact) mass is 595 g/mol. The number of benzene rings is 1. The van der Waals surface area contributed by atoms with Gasteiger partial charge in [0.2, 0.25) is 5.91 Å². The van der Waals surface area contributed by atoms with Crippen molar-refractivity contribution in [2.45, 2.75) is 75.6 Å². The number of ether oxygens (including phenoxy) is 1. The normalized spacial score (nSPS) is 33.1. The van der Waals surface area contributed by atoms with Crippen LogP contribution >= 0.6 is 0 Å². The Labute approximate surface area is 250 Å². The fourth-order valence-corrected chi connectivity index (χ4v) is 8.39. The van der Waals surface area contributed by atoms with Gasteiger partial charge in [-0.05, 0) is 83.9 Å². The molecule has 0 spiro atoms. The number of phenols is 1. The van der Waals surface area contributed by atoms with Gasteiger partial charge in [-0.2, -0.15) is 0 Å². The van der Waals surface area contributed by atoms with Crippen molar-refractivity contribution in [3.05, 3.63) is 22.8 Å². The smallest absolute Gasteiger partial charge is 0.235 e. The summed E-state index contributed by atoms with van der Waals surface area (Å²) in [6.45, 7) is 3.76. The number of ketones is 4. The average molecular weight is 596 g/mol. The van der Waals surface area contributed by atoms with Crippen LogP contribution in [0.5, 0.6) is 11.5 Å². The number of nitrogens with zero attached hydrogens (tertiary/aromatic N) is 2. The number of nitrogens with two attached hydrogens (primary N) is 1. The van der Waals surface area contributed by atoms with Gasteiger partial charge in [-0.15, -0.1) is 0 Å². The van der Waals surface area contributed by atoms with Crippen LogP contribution in [0, 0.1) is 29.6 Å². The minimum Gasteiger partial charge on any atom is -0.507 e. The number of fused-ring (bicyclic) bond motifs is 3. The van der Waals surface area contributed by atoms with Gasteiger partial charge in [0.25, 0.3) is 0 Å². The van der Waals surface area contributed by atoms with Crippen LogP contribution in [-0.4, -0.2) is 94.0 Å². The Kier molecular flexibility index (Phi) is 7.10. The number of carbonyl (C=O) groups excluding carboxylic acids is 5. The summed E-state index contributed by atoms with van der Waals surface area (Å²) in [5.74, 6) is -9.39. The lowest BCUT2D eigenvalue weighted by atomic mass is 9.52. The van der Waals surface area contributed by atoms with E-state index in [1.807, 2.05) is 0 Å². The minimum absolute atomic E-state index is 0.00388.